The topological polar surface area (TPSA) is 50.2 Å². The summed E-state index contributed by atoms with van der Waals surface area (Å²) in [6.45, 7) is 6.31. The fourth-order valence-electron chi connectivity index (χ4n) is 1.16. The van der Waals surface area contributed by atoms with Crippen LogP contribution >= 0.6 is 0 Å². The van der Waals surface area contributed by atoms with Crippen LogP contribution in [-0.4, -0.2) is 16.1 Å². The number of hydrogen-bond acceptors (Lipinski definition) is 2. The van der Waals surface area contributed by atoms with Crippen LogP contribution in [0.2, 0.25) is 0 Å². The molecule has 0 aromatic carbocycles. The summed E-state index contributed by atoms with van der Waals surface area (Å²) < 4.78 is 0. The standard InChI is InChI=1S/C12H15NO2/c1-12(2,3)9-6-7-13-10(8-9)4-5-11(14)15/h4-8H,1-3H3,(H,14,15). The molecule has 80 valence electrons. The van der Waals surface area contributed by atoms with Crippen LogP contribution in [0.15, 0.2) is 24.4 Å². The lowest BCUT2D eigenvalue weighted by Gasteiger charge is -2.18. The van der Waals surface area contributed by atoms with Crippen molar-refractivity contribution < 1.29 is 9.90 Å². The van der Waals surface area contributed by atoms with Crippen LogP contribution in [0, 0.1) is 0 Å². The van der Waals surface area contributed by atoms with E-state index < -0.39 is 5.97 Å². The second-order valence-corrected chi connectivity index (χ2v) is 4.39. The summed E-state index contributed by atoms with van der Waals surface area (Å²) in [6, 6.07) is 3.84. The van der Waals surface area contributed by atoms with Gasteiger partial charge in [-0.3, -0.25) is 4.98 Å². The van der Waals surface area contributed by atoms with Crippen LogP contribution < -0.4 is 0 Å². The maximum Gasteiger partial charge on any atom is 0.328 e. The summed E-state index contributed by atoms with van der Waals surface area (Å²) >= 11 is 0. The average Bonchev–Trinajstić information content (AvgIpc) is 2.14. The molecule has 1 aromatic heterocycles. The smallest absolute Gasteiger partial charge is 0.328 e. The number of aromatic nitrogens is 1. The number of carboxylic acid groups (broad SMARTS) is 1. The van der Waals surface area contributed by atoms with E-state index in [1.54, 1.807) is 6.20 Å². The molecule has 0 saturated heterocycles. The number of nitrogens with zero attached hydrogens (tertiary/aromatic N) is 1. The van der Waals surface area contributed by atoms with Gasteiger partial charge in [0, 0.05) is 12.3 Å². The summed E-state index contributed by atoms with van der Waals surface area (Å²) in [5.74, 6) is -0.960. The molecule has 1 aromatic rings. The molecule has 0 spiro atoms. The van der Waals surface area contributed by atoms with Gasteiger partial charge in [0.15, 0.2) is 0 Å². The predicted octanol–water partition coefficient (Wildman–Crippen LogP) is 2.48. The van der Waals surface area contributed by atoms with Gasteiger partial charge in [0.1, 0.15) is 0 Å². The highest BCUT2D eigenvalue weighted by atomic mass is 16.4. The summed E-state index contributed by atoms with van der Waals surface area (Å²) in [7, 11) is 0. The second kappa shape index (κ2) is 4.26. The maximum atomic E-state index is 10.3. The highest BCUT2D eigenvalue weighted by Crippen LogP contribution is 2.22. The highest BCUT2D eigenvalue weighted by Gasteiger charge is 2.13. The molecule has 0 unspecified atom stereocenters. The summed E-state index contributed by atoms with van der Waals surface area (Å²) in [5, 5.41) is 8.49. The lowest BCUT2D eigenvalue weighted by atomic mass is 9.87. The first-order chi connectivity index (χ1) is 6.89. The van der Waals surface area contributed by atoms with Crippen LogP contribution in [0.5, 0.6) is 0 Å². The second-order valence-electron chi connectivity index (χ2n) is 4.39. The molecular weight excluding hydrogens is 190 g/mol. The fourth-order valence-corrected chi connectivity index (χ4v) is 1.16. The molecule has 0 atom stereocenters. The van der Waals surface area contributed by atoms with E-state index in [-0.39, 0.29) is 5.41 Å². The van der Waals surface area contributed by atoms with Crippen molar-refractivity contribution in [2.75, 3.05) is 0 Å². The molecule has 1 heterocycles. The van der Waals surface area contributed by atoms with E-state index in [1.807, 2.05) is 12.1 Å². The number of aliphatic carboxylic acids is 1. The van der Waals surface area contributed by atoms with Gasteiger partial charge < -0.3 is 5.11 Å². The zero-order valence-corrected chi connectivity index (χ0v) is 9.19. The first kappa shape index (κ1) is 11.4. The lowest BCUT2D eigenvalue weighted by molar-refractivity contribution is -0.131. The van der Waals surface area contributed by atoms with Crippen molar-refractivity contribution in [3.8, 4) is 0 Å². The fraction of sp³-hybridized carbons (Fsp3) is 0.333. The van der Waals surface area contributed by atoms with Crippen LogP contribution in [0.1, 0.15) is 32.0 Å². The van der Waals surface area contributed by atoms with Crippen molar-refractivity contribution >= 4 is 12.0 Å². The van der Waals surface area contributed by atoms with Crippen molar-refractivity contribution in [1.29, 1.82) is 0 Å². The Kier molecular flexibility index (Phi) is 3.24. The van der Waals surface area contributed by atoms with Gasteiger partial charge in [-0.1, -0.05) is 20.8 Å². The van der Waals surface area contributed by atoms with Crippen molar-refractivity contribution in [2.45, 2.75) is 26.2 Å². The monoisotopic (exact) mass is 205 g/mol. The van der Waals surface area contributed by atoms with E-state index in [9.17, 15) is 4.79 Å². The zero-order valence-electron chi connectivity index (χ0n) is 9.19. The molecule has 1 N–H and O–H groups in total. The van der Waals surface area contributed by atoms with Gasteiger partial charge in [0.2, 0.25) is 0 Å². The van der Waals surface area contributed by atoms with Gasteiger partial charge in [-0.05, 0) is 29.2 Å². The van der Waals surface area contributed by atoms with Gasteiger partial charge in [-0.2, -0.15) is 0 Å². The maximum absolute atomic E-state index is 10.3. The molecule has 3 heteroatoms. The minimum Gasteiger partial charge on any atom is -0.478 e. The molecule has 15 heavy (non-hydrogen) atoms. The van der Waals surface area contributed by atoms with E-state index in [2.05, 4.69) is 25.8 Å². The van der Waals surface area contributed by atoms with Crippen LogP contribution in [0.25, 0.3) is 6.08 Å². The normalized spacial score (nSPS) is 11.9. The SMILES string of the molecule is CC(C)(C)c1ccnc(C=CC(=O)O)c1. The van der Waals surface area contributed by atoms with Gasteiger partial charge in [-0.25, -0.2) is 4.79 Å². The first-order valence-corrected chi connectivity index (χ1v) is 4.77. The van der Waals surface area contributed by atoms with Gasteiger partial charge >= 0.3 is 5.97 Å². The van der Waals surface area contributed by atoms with E-state index in [0.29, 0.717) is 5.69 Å². The Morgan fingerprint density at radius 2 is 2.13 bits per heavy atom. The van der Waals surface area contributed by atoms with Crippen LogP contribution in [0.4, 0.5) is 0 Å². The molecule has 3 nitrogen and oxygen atoms in total. The Labute approximate surface area is 89.5 Å². The largest absolute Gasteiger partial charge is 0.478 e. The molecule has 0 aliphatic carbocycles. The molecule has 0 bridgehead atoms. The molecule has 0 amide bonds. The van der Waals surface area contributed by atoms with Crippen molar-refractivity contribution in [3.63, 3.8) is 0 Å². The Morgan fingerprint density at radius 1 is 1.47 bits per heavy atom. The summed E-state index contributed by atoms with van der Waals surface area (Å²) in [4.78, 5) is 14.4. The minimum atomic E-state index is -0.960. The number of pyridine rings is 1. The van der Waals surface area contributed by atoms with E-state index in [4.69, 9.17) is 5.11 Å². The molecule has 0 fully saturated rings. The Balaban J connectivity index is 2.98. The van der Waals surface area contributed by atoms with Crippen molar-refractivity contribution in [1.82, 2.24) is 4.98 Å². The highest BCUT2D eigenvalue weighted by molar-refractivity contribution is 5.84. The van der Waals surface area contributed by atoms with Gasteiger partial charge in [0.05, 0.1) is 5.69 Å². The minimum absolute atomic E-state index is 0.0504. The van der Waals surface area contributed by atoms with Crippen molar-refractivity contribution in [3.05, 3.63) is 35.7 Å². The third-order valence-electron chi connectivity index (χ3n) is 2.04. The molecule has 0 saturated carbocycles. The van der Waals surface area contributed by atoms with Gasteiger partial charge in [0.25, 0.3) is 0 Å². The quantitative estimate of drug-likeness (QED) is 0.754. The third-order valence-corrected chi connectivity index (χ3v) is 2.04. The number of carbonyl (C=O) groups is 1. The summed E-state index contributed by atoms with van der Waals surface area (Å²) in [6.07, 6.45) is 4.29. The van der Waals surface area contributed by atoms with Crippen LogP contribution in [0.3, 0.4) is 0 Å². The number of hydrogen-bond donors (Lipinski definition) is 1. The molecular formula is C12H15NO2. The van der Waals surface area contributed by atoms with E-state index in [1.165, 1.54) is 6.08 Å². The molecule has 0 aliphatic rings. The molecule has 1 rings (SSSR count). The molecule has 0 aliphatic heterocycles. The first-order valence-electron chi connectivity index (χ1n) is 4.77. The van der Waals surface area contributed by atoms with E-state index in [0.717, 1.165) is 11.6 Å². The third kappa shape index (κ3) is 3.54. The Morgan fingerprint density at radius 3 is 2.67 bits per heavy atom. The molecule has 0 radical (unpaired) electrons. The van der Waals surface area contributed by atoms with Crippen LogP contribution in [-0.2, 0) is 10.2 Å². The lowest BCUT2D eigenvalue weighted by Crippen LogP contribution is -2.11. The number of rotatable bonds is 2. The van der Waals surface area contributed by atoms with Gasteiger partial charge in [-0.15, -0.1) is 0 Å². The summed E-state index contributed by atoms with van der Waals surface area (Å²) in [5.41, 5.74) is 1.86. The number of carboxylic acids is 1. The van der Waals surface area contributed by atoms with Crippen molar-refractivity contribution in [2.24, 2.45) is 0 Å². The predicted molar refractivity (Wildman–Crippen MR) is 59.6 cm³/mol. The Hall–Kier alpha value is -1.64. The average molecular weight is 205 g/mol. The Bertz CT molecular complexity index is 389. The zero-order chi connectivity index (χ0) is 11.5. The van der Waals surface area contributed by atoms with E-state index >= 15 is 0 Å².